The number of carbonyl (C=O) groups excluding carboxylic acids is 1. The van der Waals surface area contributed by atoms with Gasteiger partial charge in [0.2, 0.25) is 0 Å². The average Bonchev–Trinajstić information content (AvgIpc) is 2.96. The number of benzene rings is 3. The van der Waals surface area contributed by atoms with Crippen molar-refractivity contribution < 1.29 is 19.0 Å². The highest BCUT2D eigenvalue weighted by Gasteiger charge is 2.28. The second-order valence-electron chi connectivity index (χ2n) is 10.7. The molecule has 1 heterocycles. The van der Waals surface area contributed by atoms with Crippen LogP contribution in [0.4, 0.5) is 11.4 Å². The van der Waals surface area contributed by atoms with Crippen LogP contribution in [0, 0.1) is 6.92 Å². The van der Waals surface area contributed by atoms with Crippen molar-refractivity contribution in [3.63, 3.8) is 0 Å². The fourth-order valence-corrected chi connectivity index (χ4v) is 6.88. The zero-order valence-electron chi connectivity index (χ0n) is 24.1. The highest BCUT2D eigenvalue weighted by molar-refractivity contribution is 8.25. The van der Waals surface area contributed by atoms with E-state index in [0.29, 0.717) is 49.6 Å². The summed E-state index contributed by atoms with van der Waals surface area (Å²) in [6.45, 7) is 6.29. The van der Waals surface area contributed by atoms with Crippen LogP contribution in [0.15, 0.2) is 72.8 Å². The molecule has 6 N–H and O–H groups in total. The first-order chi connectivity index (χ1) is 19.8. The van der Waals surface area contributed by atoms with Crippen molar-refractivity contribution in [2.45, 2.75) is 51.7 Å². The number of nitrogens with zero attached hydrogens (tertiary/aromatic N) is 1. The van der Waals surface area contributed by atoms with Crippen LogP contribution in [0.5, 0.6) is 0 Å². The summed E-state index contributed by atoms with van der Waals surface area (Å²) < 4.78 is 23.1. The van der Waals surface area contributed by atoms with Gasteiger partial charge in [-0.25, -0.2) is 0 Å². The van der Waals surface area contributed by atoms with Gasteiger partial charge in [-0.3, -0.25) is 18.2 Å². The molecule has 3 aromatic carbocycles. The average molecular weight is 581 g/mol. The normalized spacial score (nSPS) is 17.0. The van der Waals surface area contributed by atoms with E-state index in [1.54, 1.807) is 16.4 Å². The third kappa shape index (κ3) is 8.70. The fourth-order valence-electron chi connectivity index (χ4n) is 5.21. The number of amides is 1. The maximum absolute atomic E-state index is 13.6. The molecule has 0 saturated carbocycles. The molecule has 8 nitrogen and oxygen atoms in total. The molecule has 1 aliphatic rings. The van der Waals surface area contributed by atoms with Crippen LogP contribution in [-0.2, 0) is 12.8 Å². The molecule has 4 rings (SSSR count). The molecule has 0 bridgehead atoms. The number of aliphatic hydroxyl groups excluding tert-OH is 1. The number of anilines is 2. The van der Waals surface area contributed by atoms with Gasteiger partial charge in [0.1, 0.15) is 0 Å². The molecule has 9 heteroatoms. The number of rotatable bonds is 13. The molecule has 0 aliphatic carbocycles. The number of hydrogen-bond acceptors (Lipinski definition) is 7. The van der Waals surface area contributed by atoms with Crippen LogP contribution in [0.3, 0.4) is 0 Å². The summed E-state index contributed by atoms with van der Waals surface area (Å²) in [5, 5.41) is 20.9. The summed E-state index contributed by atoms with van der Waals surface area (Å²) in [6.07, 6.45) is 2.12. The molecule has 1 aliphatic heterocycles. The molecule has 0 radical (unpaired) electrons. The summed E-state index contributed by atoms with van der Waals surface area (Å²) in [5.41, 5.74) is 5.26. The third-order valence-electron chi connectivity index (χ3n) is 7.50. The Morgan fingerprint density at radius 3 is 2.51 bits per heavy atom. The third-order valence-corrected chi connectivity index (χ3v) is 9.43. The van der Waals surface area contributed by atoms with Crippen molar-refractivity contribution in [2.75, 3.05) is 41.6 Å². The molecule has 2 atom stereocenters. The van der Waals surface area contributed by atoms with E-state index in [9.17, 15) is 19.0 Å². The van der Waals surface area contributed by atoms with Gasteiger partial charge in [-0.05, 0) is 81.0 Å². The first-order valence-corrected chi connectivity index (χ1v) is 16.1. The second-order valence-corrected chi connectivity index (χ2v) is 12.8. The number of nitrogens with one attached hydrogen (secondary N) is 3. The highest BCUT2D eigenvalue weighted by atomic mass is 32.3. The lowest BCUT2D eigenvalue weighted by Crippen LogP contribution is -2.49. The number of hydrogen-bond donors (Lipinski definition) is 6. The maximum atomic E-state index is 13.6. The monoisotopic (exact) mass is 580 g/mol. The van der Waals surface area contributed by atoms with E-state index in [1.165, 1.54) is 11.1 Å². The number of carbonyl (C=O) groups is 1. The van der Waals surface area contributed by atoms with Crippen molar-refractivity contribution in [3.8, 4) is 0 Å². The van der Waals surface area contributed by atoms with Crippen molar-refractivity contribution in [2.24, 2.45) is 0 Å². The molecular weight excluding hydrogens is 536 g/mol. The van der Waals surface area contributed by atoms with Gasteiger partial charge < -0.3 is 21.1 Å². The molecule has 1 fully saturated rings. The van der Waals surface area contributed by atoms with Crippen molar-refractivity contribution >= 4 is 28.1 Å². The van der Waals surface area contributed by atoms with Gasteiger partial charge in [-0.15, -0.1) is 10.8 Å². The summed E-state index contributed by atoms with van der Waals surface area (Å²) in [7, 11) is -2.94. The van der Waals surface area contributed by atoms with Crippen LogP contribution in [-0.4, -0.2) is 64.2 Å². The lowest BCUT2D eigenvalue weighted by atomic mass is 10.00. The standard InChI is InChI=1S/C32H44N4O4S/c1-3-34-28-20-27(21-29(22-28)36-17-9-10-18-41(36,39)40)32(38)35-30(19-25-12-5-4-6-13-25)31(37)23-33-16-15-26-14-8-7-11-24(26)2/h4-8,11-14,20-22,30-31,33-34,37,39-40H,3,9-10,15-19,23H2,1-2H3,(H,35,38). The second kappa shape index (κ2) is 14.7. The molecule has 0 spiro atoms. The largest absolute Gasteiger partial charge is 0.390 e. The smallest absolute Gasteiger partial charge is 0.251 e. The van der Waals surface area contributed by atoms with Crippen molar-refractivity contribution in [1.29, 1.82) is 0 Å². The summed E-state index contributed by atoms with van der Waals surface area (Å²) in [4.78, 5) is 13.6. The summed E-state index contributed by atoms with van der Waals surface area (Å²) in [6, 6.07) is 22.9. The quantitative estimate of drug-likeness (QED) is 0.153. The Morgan fingerprint density at radius 1 is 1.02 bits per heavy atom. The van der Waals surface area contributed by atoms with Gasteiger partial charge >= 0.3 is 0 Å². The Bertz CT molecular complexity index is 1270. The number of aliphatic hydroxyl groups is 1. The molecule has 41 heavy (non-hydrogen) atoms. The first-order valence-electron chi connectivity index (χ1n) is 14.5. The van der Waals surface area contributed by atoms with E-state index < -0.39 is 22.9 Å². The fraction of sp³-hybridized carbons (Fsp3) is 0.406. The van der Waals surface area contributed by atoms with Crippen LogP contribution < -0.4 is 20.3 Å². The van der Waals surface area contributed by atoms with Crippen LogP contribution in [0.2, 0.25) is 0 Å². The molecule has 222 valence electrons. The van der Waals surface area contributed by atoms with Crippen molar-refractivity contribution in [3.05, 3.63) is 95.1 Å². The SMILES string of the molecule is CCNc1cc(C(=O)NC(Cc2ccccc2)C(O)CNCCc2ccccc2C)cc(N2CCCCS2(O)O)c1. The predicted molar refractivity (Wildman–Crippen MR) is 170 cm³/mol. The lowest BCUT2D eigenvalue weighted by Gasteiger charge is -2.47. The van der Waals surface area contributed by atoms with Crippen LogP contribution >= 0.6 is 10.8 Å². The Balaban J connectivity index is 1.49. The highest BCUT2D eigenvalue weighted by Crippen LogP contribution is 2.50. The van der Waals surface area contributed by atoms with E-state index in [2.05, 4.69) is 35.0 Å². The Kier molecular flexibility index (Phi) is 11.1. The van der Waals surface area contributed by atoms with E-state index in [4.69, 9.17) is 0 Å². The molecule has 3 aromatic rings. The molecule has 1 saturated heterocycles. The molecule has 2 unspecified atom stereocenters. The first kappa shape index (κ1) is 30.9. The van der Waals surface area contributed by atoms with E-state index >= 15 is 0 Å². The topological polar surface area (TPSA) is 117 Å². The lowest BCUT2D eigenvalue weighted by molar-refractivity contribution is 0.0831. The Morgan fingerprint density at radius 2 is 1.78 bits per heavy atom. The van der Waals surface area contributed by atoms with E-state index in [0.717, 1.165) is 30.5 Å². The van der Waals surface area contributed by atoms with Crippen LogP contribution in [0.1, 0.15) is 46.8 Å². The van der Waals surface area contributed by atoms with E-state index in [-0.39, 0.29) is 5.91 Å². The minimum Gasteiger partial charge on any atom is -0.390 e. The minimum absolute atomic E-state index is 0.320. The van der Waals surface area contributed by atoms with Gasteiger partial charge in [0.15, 0.2) is 0 Å². The summed E-state index contributed by atoms with van der Waals surface area (Å²) >= 11 is 0. The zero-order chi connectivity index (χ0) is 29.2. The molecule has 1 amide bonds. The minimum atomic E-state index is -2.94. The molecule has 0 aromatic heterocycles. The van der Waals surface area contributed by atoms with Gasteiger partial charge in [0.25, 0.3) is 5.91 Å². The Labute approximate surface area is 245 Å². The van der Waals surface area contributed by atoms with Gasteiger partial charge in [-0.1, -0.05) is 54.6 Å². The Hall–Kier alpha value is -3.08. The van der Waals surface area contributed by atoms with Gasteiger partial charge in [0, 0.05) is 30.9 Å². The summed E-state index contributed by atoms with van der Waals surface area (Å²) in [5.74, 6) is 0.00156. The van der Waals surface area contributed by atoms with Crippen LogP contribution in [0.25, 0.3) is 0 Å². The zero-order valence-corrected chi connectivity index (χ0v) is 24.9. The van der Waals surface area contributed by atoms with Gasteiger partial charge in [-0.2, -0.15) is 0 Å². The van der Waals surface area contributed by atoms with Crippen molar-refractivity contribution in [1.82, 2.24) is 10.6 Å². The van der Waals surface area contributed by atoms with Gasteiger partial charge in [0.05, 0.1) is 23.6 Å². The molecular formula is C32H44N4O4S. The number of aryl methyl sites for hydroxylation is 1. The predicted octanol–water partition coefficient (Wildman–Crippen LogP) is 5.23. The maximum Gasteiger partial charge on any atom is 0.251 e. The van der Waals surface area contributed by atoms with E-state index in [1.807, 2.05) is 55.5 Å².